The second kappa shape index (κ2) is 5.35. The van der Waals surface area contributed by atoms with Gasteiger partial charge in [-0.15, -0.1) is 23.0 Å². The summed E-state index contributed by atoms with van der Waals surface area (Å²) >= 11 is 1.71. The average Bonchev–Trinajstić information content (AvgIpc) is 3.33. The van der Waals surface area contributed by atoms with Crippen LogP contribution in [0, 0.1) is 0 Å². The molecule has 6 nitrogen and oxygen atoms in total. The first-order chi connectivity index (χ1) is 12.3. The molecule has 0 spiro atoms. The van der Waals surface area contributed by atoms with Crippen LogP contribution < -0.4 is 5.69 Å². The summed E-state index contributed by atoms with van der Waals surface area (Å²) in [6, 6.07) is 3.74. The molecule has 1 aliphatic carbocycles. The molecule has 0 bridgehead atoms. The normalized spacial score (nSPS) is 13.6. The van der Waals surface area contributed by atoms with Crippen molar-refractivity contribution in [1.29, 1.82) is 0 Å². The molecule has 25 heavy (non-hydrogen) atoms. The van der Waals surface area contributed by atoms with Crippen molar-refractivity contribution in [2.45, 2.75) is 25.8 Å². The van der Waals surface area contributed by atoms with Crippen molar-refractivity contribution in [1.82, 2.24) is 24.1 Å². The average molecular weight is 349 g/mol. The molecular formula is C18H15N5OS. The monoisotopic (exact) mass is 349 g/mol. The number of thiophene rings is 1. The van der Waals surface area contributed by atoms with E-state index >= 15 is 0 Å². The van der Waals surface area contributed by atoms with Crippen molar-refractivity contribution in [2.24, 2.45) is 0 Å². The summed E-state index contributed by atoms with van der Waals surface area (Å²) in [5, 5.41) is 5.55. The Morgan fingerprint density at radius 1 is 1.36 bits per heavy atom. The van der Waals surface area contributed by atoms with Gasteiger partial charge in [-0.05, 0) is 37.0 Å². The van der Waals surface area contributed by atoms with Crippen molar-refractivity contribution >= 4 is 27.2 Å². The zero-order valence-electron chi connectivity index (χ0n) is 13.5. The summed E-state index contributed by atoms with van der Waals surface area (Å²) in [5.41, 5.74) is 2.61. The molecule has 4 aromatic heterocycles. The predicted molar refractivity (Wildman–Crippen MR) is 98.1 cm³/mol. The number of allylic oxidation sites excluding steroid dienone is 1. The topological polar surface area (TPSA) is 65.1 Å². The predicted octanol–water partition coefficient (Wildman–Crippen LogP) is 2.84. The second-order valence-electron chi connectivity index (χ2n) is 6.13. The third-order valence-corrected chi connectivity index (χ3v) is 5.94. The molecule has 124 valence electrons. The largest absolute Gasteiger partial charge is 0.352 e. The molecule has 0 radical (unpaired) electrons. The maximum absolute atomic E-state index is 13.0. The minimum absolute atomic E-state index is 0.176. The highest BCUT2D eigenvalue weighted by atomic mass is 32.1. The minimum atomic E-state index is -0.176. The Morgan fingerprint density at radius 2 is 2.28 bits per heavy atom. The van der Waals surface area contributed by atoms with Crippen LogP contribution in [-0.4, -0.2) is 24.1 Å². The Balaban J connectivity index is 1.92. The van der Waals surface area contributed by atoms with Gasteiger partial charge in [0.15, 0.2) is 11.5 Å². The number of rotatable bonds is 3. The highest BCUT2D eigenvalue weighted by Gasteiger charge is 2.25. The van der Waals surface area contributed by atoms with E-state index in [0.29, 0.717) is 18.0 Å². The molecule has 0 aromatic carbocycles. The lowest BCUT2D eigenvalue weighted by atomic mass is 10.2. The van der Waals surface area contributed by atoms with Crippen molar-refractivity contribution in [3.8, 4) is 11.4 Å². The maximum Gasteiger partial charge on any atom is 0.352 e. The Morgan fingerprint density at radius 3 is 3.08 bits per heavy atom. The molecule has 4 aromatic rings. The van der Waals surface area contributed by atoms with Gasteiger partial charge in [0.2, 0.25) is 0 Å². The standard InChI is InChI=1S/C18H15N5OS/c1-2-9-22-17-14(12-6-3-7-13(12)25-17)16-20-15(21-23(16)18(22)24)11-5-4-8-19-10-11/h2,4-5,8,10H,1,3,6-7,9H2. The van der Waals surface area contributed by atoms with Crippen LogP contribution in [0.4, 0.5) is 0 Å². The number of nitrogens with zero attached hydrogens (tertiary/aromatic N) is 5. The Labute approximate surface area is 147 Å². The summed E-state index contributed by atoms with van der Waals surface area (Å²) in [5.74, 6) is 0.529. The molecule has 0 unspecified atom stereocenters. The van der Waals surface area contributed by atoms with Crippen LogP contribution in [-0.2, 0) is 19.4 Å². The van der Waals surface area contributed by atoms with Crippen molar-refractivity contribution < 1.29 is 0 Å². The van der Waals surface area contributed by atoms with Crippen LogP contribution in [0.1, 0.15) is 16.9 Å². The van der Waals surface area contributed by atoms with Gasteiger partial charge in [-0.2, -0.15) is 4.52 Å². The Bertz CT molecular complexity index is 1190. The lowest BCUT2D eigenvalue weighted by Crippen LogP contribution is -2.27. The molecule has 0 aliphatic heterocycles. The van der Waals surface area contributed by atoms with E-state index in [1.54, 1.807) is 34.4 Å². The van der Waals surface area contributed by atoms with E-state index in [4.69, 9.17) is 4.98 Å². The van der Waals surface area contributed by atoms with Crippen molar-refractivity contribution in [2.75, 3.05) is 0 Å². The zero-order valence-corrected chi connectivity index (χ0v) is 14.3. The third-order valence-electron chi connectivity index (χ3n) is 4.62. The molecule has 7 heteroatoms. The van der Waals surface area contributed by atoms with Gasteiger partial charge in [-0.3, -0.25) is 9.55 Å². The minimum Gasteiger partial charge on any atom is -0.279 e. The molecule has 0 amide bonds. The maximum atomic E-state index is 13.0. The van der Waals surface area contributed by atoms with E-state index in [9.17, 15) is 4.79 Å². The van der Waals surface area contributed by atoms with E-state index in [1.165, 1.54) is 15.0 Å². The van der Waals surface area contributed by atoms with Crippen LogP contribution in [0.5, 0.6) is 0 Å². The van der Waals surface area contributed by atoms with Gasteiger partial charge in [0, 0.05) is 29.4 Å². The number of aromatic nitrogens is 5. The first-order valence-corrected chi connectivity index (χ1v) is 9.04. The quantitative estimate of drug-likeness (QED) is 0.534. The first-order valence-electron chi connectivity index (χ1n) is 8.23. The molecule has 4 heterocycles. The van der Waals surface area contributed by atoms with Crippen LogP contribution in [0.3, 0.4) is 0 Å². The fraction of sp³-hybridized carbons (Fsp3) is 0.222. The fourth-order valence-electron chi connectivity index (χ4n) is 3.53. The number of fused-ring (bicyclic) bond motifs is 5. The Hall–Kier alpha value is -2.80. The summed E-state index contributed by atoms with van der Waals surface area (Å²) in [6.07, 6.45) is 8.44. The van der Waals surface area contributed by atoms with E-state index in [-0.39, 0.29) is 5.69 Å². The van der Waals surface area contributed by atoms with Gasteiger partial charge < -0.3 is 0 Å². The molecular weight excluding hydrogens is 334 g/mol. The van der Waals surface area contributed by atoms with Gasteiger partial charge in [0.25, 0.3) is 0 Å². The number of aryl methyl sites for hydroxylation is 2. The SMILES string of the molecule is C=CCn1c(=O)n2nc(-c3cccnc3)nc2c2c3c(sc21)CCC3. The molecule has 0 saturated heterocycles. The number of hydrogen-bond donors (Lipinski definition) is 0. The molecule has 0 saturated carbocycles. The summed E-state index contributed by atoms with van der Waals surface area (Å²) in [6.45, 7) is 4.26. The Kier molecular flexibility index (Phi) is 3.11. The zero-order chi connectivity index (χ0) is 17.0. The molecule has 1 aliphatic rings. The van der Waals surface area contributed by atoms with Gasteiger partial charge in [-0.1, -0.05) is 6.08 Å². The second-order valence-corrected chi connectivity index (χ2v) is 7.22. The van der Waals surface area contributed by atoms with E-state index < -0.39 is 0 Å². The van der Waals surface area contributed by atoms with Gasteiger partial charge in [0.1, 0.15) is 4.83 Å². The van der Waals surface area contributed by atoms with Crippen LogP contribution >= 0.6 is 11.3 Å². The van der Waals surface area contributed by atoms with Crippen LogP contribution in [0.2, 0.25) is 0 Å². The number of pyridine rings is 1. The summed E-state index contributed by atoms with van der Waals surface area (Å²) < 4.78 is 3.18. The van der Waals surface area contributed by atoms with Crippen LogP contribution in [0.25, 0.3) is 27.3 Å². The highest BCUT2D eigenvalue weighted by molar-refractivity contribution is 7.19. The van der Waals surface area contributed by atoms with E-state index in [2.05, 4.69) is 16.7 Å². The lowest BCUT2D eigenvalue weighted by Gasteiger charge is -2.05. The van der Waals surface area contributed by atoms with Gasteiger partial charge in [0.05, 0.1) is 5.39 Å². The smallest absolute Gasteiger partial charge is 0.279 e. The van der Waals surface area contributed by atoms with Crippen LogP contribution in [0.15, 0.2) is 42.0 Å². The first kappa shape index (κ1) is 14.5. The van der Waals surface area contributed by atoms with E-state index in [1.807, 2.05) is 12.1 Å². The highest BCUT2D eigenvalue weighted by Crippen LogP contribution is 2.38. The summed E-state index contributed by atoms with van der Waals surface area (Å²) in [7, 11) is 0. The van der Waals surface area contributed by atoms with Gasteiger partial charge in [-0.25, -0.2) is 9.78 Å². The molecule has 5 rings (SSSR count). The number of hydrogen-bond acceptors (Lipinski definition) is 5. The summed E-state index contributed by atoms with van der Waals surface area (Å²) in [4.78, 5) is 24.1. The third kappa shape index (κ3) is 2.02. The van der Waals surface area contributed by atoms with Crippen molar-refractivity contribution in [3.63, 3.8) is 0 Å². The fourth-order valence-corrected chi connectivity index (χ4v) is 4.91. The van der Waals surface area contributed by atoms with Gasteiger partial charge >= 0.3 is 5.69 Å². The van der Waals surface area contributed by atoms with Crippen molar-refractivity contribution in [3.05, 3.63) is 58.1 Å². The van der Waals surface area contributed by atoms with E-state index in [0.717, 1.165) is 35.0 Å². The molecule has 0 fully saturated rings. The molecule has 0 atom stereocenters. The lowest BCUT2D eigenvalue weighted by molar-refractivity contribution is 0.733. The molecule has 0 N–H and O–H groups in total.